The van der Waals surface area contributed by atoms with Crippen molar-refractivity contribution in [1.29, 1.82) is 0 Å². The lowest BCUT2D eigenvalue weighted by molar-refractivity contribution is -0.167. The molecular weight excluding hydrogens is 444 g/mol. The molecule has 0 aromatic rings. The molecule has 0 spiro atoms. The molecule has 0 rings (SSSR count). The highest BCUT2D eigenvalue weighted by Gasteiger charge is 2.19. The lowest BCUT2D eigenvalue weighted by Gasteiger charge is -2.18. The zero-order valence-corrected chi connectivity index (χ0v) is 23.1. The van der Waals surface area contributed by atoms with Gasteiger partial charge in [0.25, 0.3) is 0 Å². The minimum atomic E-state index is -0.750. The summed E-state index contributed by atoms with van der Waals surface area (Å²) < 4.78 is 16.2. The van der Waals surface area contributed by atoms with Crippen molar-refractivity contribution < 1.29 is 28.6 Å². The number of carbonyl (C=O) groups is 3. The Morgan fingerprint density at radius 3 is 1.14 bits per heavy atom. The molecule has 206 valence electrons. The maximum absolute atomic E-state index is 12.3. The van der Waals surface area contributed by atoms with E-state index in [1.807, 2.05) is 0 Å². The molecule has 0 aromatic carbocycles. The van der Waals surface area contributed by atoms with Gasteiger partial charge in [-0.3, -0.25) is 14.4 Å². The van der Waals surface area contributed by atoms with Gasteiger partial charge in [0.15, 0.2) is 6.10 Å². The quantitative estimate of drug-likeness (QED) is 0.0724. The van der Waals surface area contributed by atoms with Crippen LogP contribution in [0.4, 0.5) is 0 Å². The summed E-state index contributed by atoms with van der Waals surface area (Å²) in [6.07, 6.45) is 18.7. The van der Waals surface area contributed by atoms with Crippen molar-refractivity contribution in [3.63, 3.8) is 0 Å². The van der Waals surface area contributed by atoms with Crippen LogP contribution in [0, 0.1) is 0 Å². The molecule has 0 saturated heterocycles. The van der Waals surface area contributed by atoms with Crippen molar-refractivity contribution in [3.05, 3.63) is 0 Å². The highest BCUT2D eigenvalue weighted by atomic mass is 16.6. The van der Waals surface area contributed by atoms with E-state index in [0.29, 0.717) is 19.3 Å². The van der Waals surface area contributed by atoms with Crippen LogP contribution in [0.2, 0.25) is 0 Å². The Morgan fingerprint density at radius 1 is 0.457 bits per heavy atom. The molecule has 0 amide bonds. The lowest BCUT2D eigenvalue weighted by Crippen LogP contribution is -2.30. The van der Waals surface area contributed by atoms with Gasteiger partial charge in [0, 0.05) is 19.3 Å². The molecule has 0 saturated carbocycles. The van der Waals surface area contributed by atoms with E-state index in [4.69, 9.17) is 14.2 Å². The summed E-state index contributed by atoms with van der Waals surface area (Å²) >= 11 is 0. The van der Waals surface area contributed by atoms with Crippen molar-refractivity contribution in [2.45, 2.75) is 155 Å². The molecule has 35 heavy (non-hydrogen) atoms. The number of unbranched alkanes of at least 4 members (excludes halogenated alkanes) is 14. The van der Waals surface area contributed by atoms with Crippen LogP contribution in [-0.2, 0) is 28.6 Å². The molecule has 0 aliphatic heterocycles. The van der Waals surface area contributed by atoms with Crippen LogP contribution in [0.3, 0.4) is 0 Å². The zero-order valence-electron chi connectivity index (χ0n) is 23.1. The van der Waals surface area contributed by atoms with E-state index in [1.54, 1.807) is 0 Å². The van der Waals surface area contributed by atoms with E-state index in [0.717, 1.165) is 70.6 Å². The maximum Gasteiger partial charge on any atom is 0.306 e. The van der Waals surface area contributed by atoms with Gasteiger partial charge in [0.2, 0.25) is 0 Å². The van der Waals surface area contributed by atoms with E-state index in [2.05, 4.69) is 20.8 Å². The monoisotopic (exact) mass is 498 g/mol. The molecule has 0 fully saturated rings. The molecule has 0 aliphatic carbocycles. The standard InChI is InChI=1S/C29H54O6/c1-4-7-10-13-14-17-19-22-28(31)34-25-26(35-29(32)23-20-16-12-9-6-3)24-33-27(30)21-18-15-11-8-5-2/h26H,4-25H2,1-3H3/t26-/m0/s1. The Morgan fingerprint density at radius 2 is 0.771 bits per heavy atom. The predicted molar refractivity (Wildman–Crippen MR) is 141 cm³/mol. The number of hydrogen-bond donors (Lipinski definition) is 0. The highest BCUT2D eigenvalue weighted by Crippen LogP contribution is 2.11. The van der Waals surface area contributed by atoms with Crippen LogP contribution in [0.5, 0.6) is 0 Å². The molecule has 0 aromatic heterocycles. The molecule has 1 atom stereocenters. The van der Waals surface area contributed by atoms with Crippen molar-refractivity contribution in [3.8, 4) is 0 Å². The van der Waals surface area contributed by atoms with Gasteiger partial charge in [-0.1, -0.05) is 111 Å². The second-order valence-electron chi connectivity index (χ2n) is 9.68. The summed E-state index contributed by atoms with van der Waals surface area (Å²) in [5.41, 5.74) is 0. The first-order valence-corrected chi connectivity index (χ1v) is 14.5. The molecule has 0 radical (unpaired) electrons. The number of rotatable bonds is 25. The first-order chi connectivity index (χ1) is 17.0. The minimum Gasteiger partial charge on any atom is -0.462 e. The lowest BCUT2D eigenvalue weighted by atomic mass is 10.1. The van der Waals surface area contributed by atoms with Crippen LogP contribution >= 0.6 is 0 Å². The van der Waals surface area contributed by atoms with Crippen LogP contribution in [0.15, 0.2) is 0 Å². The summed E-state index contributed by atoms with van der Waals surface area (Å²) in [4.78, 5) is 36.5. The summed E-state index contributed by atoms with van der Waals surface area (Å²) in [6, 6.07) is 0. The van der Waals surface area contributed by atoms with Gasteiger partial charge in [-0.15, -0.1) is 0 Å². The van der Waals surface area contributed by atoms with Crippen LogP contribution in [-0.4, -0.2) is 37.2 Å². The zero-order chi connectivity index (χ0) is 26.0. The van der Waals surface area contributed by atoms with E-state index >= 15 is 0 Å². The molecular formula is C29H54O6. The summed E-state index contributed by atoms with van der Waals surface area (Å²) in [5, 5.41) is 0. The molecule has 0 heterocycles. The highest BCUT2D eigenvalue weighted by molar-refractivity contribution is 5.71. The topological polar surface area (TPSA) is 78.9 Å². The van der Waals surface area contributed by atoms with Gasteiger partial charge >= 0.3 is 17.9 Å². The number of carbonyl (C=O) groups excluding carboxylic acids is 3. The molecule has 6 heteroatoms. The second kappa shape index (κ2) is 25.5. The smallest absolute Gasteiger partial charge is 0.306 e. The van der Waals surface area contributed by atoms with E-state index in [1.165, 1.54) is 38.5 Å². The van der Waals surface area contributed by atoms with Gasteiger partial charge < -0.3 is 14.2 Å². The van der Waals surface area contributed by atoms with Crippen LogP contribution < -0.4 is 0 Å². The van der Waals surface area contributed by atoms with Crippen molar-refractivity contribution in [2.24, 2.45) is 0 Å². The van der Waals surface area contributed by atoms with Crippen LogP contribution in [0.1, 0.15) is 149 Å². The molecule has 0 aliphatic rings. The maximum atomic E-state index is 12.3. The normalized spacial score (nSPS) is 11.7. The van der Waals surface area contributed by atoms with Gasteiger partial charge in [0.05, 0.1) is 0 Å². The number of hydrogen-bond acceptors (Lipinski definition) is 6. The molecule has 0 unspecified atom stereocenters. The summed E-state index contributed by atoms with van der Waals surface area (Å²) in [7, 11) is 0. The summed E-state index contributed by atoms with van der Waals surface area (Å²) in [6.45, 7) is 6.37. The Kier molecular flexibility index (Phi) is 24.3. The Hall–Kier alpha value is -1.59. The minimum absolute atomic E-state index is 0.0688. The largest absolute Gasteiger partial charge is 0.462 e. The molecule has 6 nitrogen and oxygen atoms in total. The predicted octanol–water partition coefficient (Wildman–Crippen LogP) is 7.85. The number of esters is 3. The fourth-order valence-corrected chi connectivity index (χ4v) is 3.85. The molecule has 0 bridgehead atoms. The Bertz CT molecular complexity index is 519. The second-order valence-corrected chi connectivity index (χ2v) is 9.68. The van der Waals surface area contributed by atoms with Crippen molar-refractivity contribution in [1.82, 2.24) is 0 Å². The molecule has 0 N–H and O–H groups in total. The van der Waals surface area contributed by atoms with Gasteiger partial charge in [-0.2, -0.15) is 0 Å². The Balaban J connectivity index is 4.34. The van der Waals surface area contributed by atoms with Gasteiger partial charge in [-0.25, -0.2) is 0 Å². The van der Waals surface area contributed by atoms with Gasteiger partial charge in [0.1, 0.15) is 13.2 Å². The summed E-state index contributed by atoms with van der Waals surface area (Å²) in [5.74, 6) is -0.914. The Labute approximate surface area is 215 Å². The van der Waals surface area contributed by atoms with E-state index in [9.17, 15) is 14.4 Å². The van der Waals surface area contributed by atoms with Crippen molar-refractivity contribution in [2.75, 3.05) is 13.2 Å². The fourth-order valence-electron chi connectivity index (χ4n) is 3.85. The first-order valence-electron chi connectivity index (χ1n) is 14.5. The third kappa shape index (κ3) is 23.9. The third-order valence-electron chi connectivity index (χ3n) is 6.11. The fraction of sp³-hybridized carbons (Fsp3) is 0.897. The third-order valence-corrected chi connectivity index (χ3v) is 6.11. The average molecular weight is 499 g/mol. The number of ether oxygens (including phenoxy) is 3. The van der Waals surface area contributed by atoms with E-state index in [-0.39, 0.29) is 31.1 Å². The SMILES string of the molecule is CCCCCCCCCC(=O)OC[C@H](COC(=O)CCCCCCC)OC(=O)CCCCCCC. The average Bonchev–Trinajstić information content (AvgIpc) is 2.84. The van der Waals surface area contributed by atoms with E-state index < -0.39 is 6.10 Å². The van der Waals surface area contributed by atoms with Gasteiger partial charge in [-0.05, 0) is 19.3 Å². The van der Waals surface area contributed by atoms with Crippen LogP contribution in [0.25, 0.3) is 0 Å². The van der Waals surface area contributed by atoms with Crippen molar-refractivity contribution >= 4 is 17.9 Å². The first kappa shape index (κ1) is 33.4.